The fraction of sp³-hybridized carbons (Fsp3) is 0.286. The van der Waals surface area contributed by atoms with Gasteiger partial charge in [-0.1, -0.05) is 41.4 Å². The van der Waals surface area contributed by atoms with Crippen LogP contribution in [0.1, 0.15) is 12.8 Å². The fourth-order valence-electron chi connectivity index (χ4n) is 6.85. The Bertz CT molecular complexity index is 2070. The highest BCUT2D eigenvalue weighted by Gasteiger charge is 2.52. The monoisotopic (exact) mass is 706 g/mol. The number of rotatable bonds is 8. The van der Waals surface area contributed by atoms with Gasteiger partial charge in [0.1, 0.15) is 28.4 Å². The normalized spacial score (nSPS) is 17.0. The van der Waals surface area contributed by atoms with Crippen LogP contribution < -0.4 is 29.7 Å². The van der Waals surface area contributed by atoms with Crippen molar-refractivity contribution in [2.45, 2.75) is 18.3 Å². The van der Waals surface area contributed by atoms with E-state index in [9.17, 15) is 4.79 Å². The topological polar surface area (TPSA) is 102 Å². The maximum absolute atomic E-state index is 12.6. The van der Waals surface area contributed by atoms with Crippen molar-refractivity contribution >= 4 is 68.6 Å². The van der Waals surface area contributed by atoms with Gasteiger partial charge in [0.25, 0.3) is 0 Å². The summed E-state index contributed by atoms with van der Waals surface area (Å²) in [5.74, 6) is 1.10. The lowest BCUT2D eigenvalue weighted by atomic mass is 9.71. The molecule has 2 aliphatic rings. The number of hydrogen-bond acceptors (Lipinski definition) is 8. The van der Waals surface area contributed by atoms with Crippen molar-refractivity contribution in [2.24, 2.45) is 5.41 Å². The van der Waals surface area contributed by atoms with E-state index in [0.29, 0.717) is 61.0 Å². The minimum atomic E-state index is -0.332. The molecule has 1 amide bonds. The maximum atomic E-state index is 12.6. The van der Waals surface area contributed by atoms with Crippen molar-refractivity contribution in [1.82, 2.24) is 19.7 Å². The Morgan fingerprint density at radius 1 is 1.00 bits per heavy atom. The number of piperidine rings is 1. The van der Waals surface area contributed by atoms with E-state index in [4.69, 9.17) is 54.0 Å². The molecule has 0 bridgehead atoms. The summed E-state index contributed by atoms with van der Waals surface area (Å²) in [6.07, 6.45) is 8.58. The molecule has 5 heterocycles. The largest absolute Gasteiger partial charge is 0.496 e. The van der Waals surface area contributed by atoms with Gasteiger partial charge in [0.05, 0.1) is 54.0 Å². The minimum Gasteiger partial charge on any atom is -0.496 e. The van der Waals surface area contributed by atoms with Crippen LogP contribution in [0.2, 0.25) is 10.0 Å². The summed E-state index contributed by atoms with van der Waals surface area (Å²) in [4.78, 5) is 24.3. The Balaban J connectivity index is 1.36. The molecule has 2 fully saturated rings. The van der Waals surface area contributed by atoms with Crippen molar-refractivity contribution in [2.75, 3.05) is 51.2 Å². The van der Waals surface area contributed by atoms with Crippen LogP contribution >= 0.6 is 34.8 Å². The third-order valence-corrected chi connectivity index (χ3v) is 10.9. The van der Waals surface area contributed by atoms with Crippen LogP contribution in [0.5, 0.6) is 17.2 Å². The number of carbonyl (C=O) groups is 1. The van der Waals surface area contributed by atoms with Crippen LogP contribution in [0, 0.1) is 5.41 Å². The first kappa shape index (κ1) is 32.3. The molecule has 13 heteroatoms. The first-order valence-corrected chi connectivity index (χ1v) is 16.6. The Morgan fingerprint density at radius 3 is 2.35 bits per heavy atom. The van der Waals surface area contributed by atoms with Gasteiger partial charge in [-0.15, -0.1) is 0 Å². The van der Waals surface area contributed by atoms with Gasteiger partial charge in [0, 0.05) is 64.8 Å². The minimum absolute atomic E-state index is 0.0256. The predicted octanol–water partition coefficient (Wildman–Crippen LogP) is 7.43. The highest BCUT2D eigenvalue weighted by atomic mass is 35.5. The van der Waals surface area contributed by atoms with Gasteiger partial charge in [-0.2, -0.15) is 0 Å². The number of pyridine rings is 2. The third kappa shape index (κ3) is 5.18. The molecular formula is C35H33Cl3N6O4. The molecule has 3 aromatic heterocycles. The number of benzene rings is 2. The Kier molecular flexibility index (Phi) is 8.53. The standard InChI is InChI=1S/C35H33Cl3N6O4/c1-5-29(45)42-23-13-20(26(46-2)15-25(23)44-18-35(34(44)38)6-8-39-9-7-35)22-14-24-19(17-41-22)12-21(33-40-10-11-43(24)33)30-31(36)27(47-3)16-28(48-4)32(30)37/h5,10-17,34,39H,1,6-9,18H2,2-4H3,(H,42,45). The summed E-state index contributed by atoms with van der Waals surface area (Å²) >= 11 is 20.7. The average molecular weight is 708 g/mol. The summed E-state index contributed by atoms with van der Waals surface area (Å²) < 4.78 is 18.9. The van der Waals surface area contributed by atoms with Gasteiger partial charge in [0.2, 0.25) is 5.91 Å². The number of halogens is 3. The van der Waals surface area contributed by atoms with Gasteiger partial charge >= 0.3 is 0 Å². The summed E-state index contributed by atoms with van der Waals surface area (Å²) in [5, 5.41) is 7.89. The second-order valence-corrected chi connectivity index (χ2v) is 13.1. The zero-order valence-corrected chi connectivity index (χ0v) is 28.8. The van der Waals surface area contributed by atoms with Crippen molar-refractivity contribution in [3.63, 3.8) is 0 Å². The highest BCUT2D eigenvalue weighted by Crippen LogP contribution is 2.52. The van der Waals surface area contributed by atoms with Crippen molar-refractivity contribution in [3.05, 3.63) is 71.6 Å². The van der Waals surface area contributed by atoms with Crippen molar-refractivity contribution < 1.29 is 19.0 Å². The lowest BCUT2D eigenvalue weighted by Gasteiger charge is -2.58. The molecule has 0 saturated carbocycles. The van der Waals surface area contributed by atoms with Gasteiger partial charge in [-0.3, -0.25) is 14.2 Å². The second kappa shape index (κ2) is 12.7. The van der Waals surface area contributed by atoms with Crippen LogP contribution in [-0.2, 0) is 4.79 Å². The van der Waals surface area contributed by atoms with E-state index in [-0.39, 0.29) is 16.8 Å². The molecular weight excluding hydrogens is 675 g/mol. The number of imidazole rings is 1. The summed E-state index contributed by atoms with van der Waals surface area (Å²) in [6.45, 7) is 6.30. The van der Waals surface area contributed by atoms with E-state index < -0.39 is 0 Å². The zero-order valence-electron chi connectivity index (χ0n) is 26.6. The molecule has 0 aliphatic carbocycles. The number of nitrogens with one attached hydrogen (secondary N) is 2. The van der Waals surface area contributed by atoms with Crippen LogP contribution in [0.25, 0.3) is 38.9 Å². The molecule has 48 heavy (non-hydrogen) atoms. The van der Waals surface area contributed by atoms with Crippen LogP contribution in [0.3, 0.4) is 0 Å². The average Bonchev–Trinajstić information content (AvgIpc) is 3.62. The van der Waals surface area contributed by atoms with Gasteiger partial charge in [-0.05, 0) is 50.2 Å². The van der Waals surface area contributed by atoms with Crippen LogP contribution in [0.15, 0.2) is 61.6 Å². The van der Waals surface area contributed by atoms with E-state index in [0.717, 1.165) is 49.1 Å². The van der Waals surface area contributed by atoms with Crippen LogP contribution in [-0.4, -0.2) is 66.7 Å². The smallest absolute Gasteiger partial charge is 0.247 e. The molecule has 1 unspecified atom stereocenters. The van der Waals surface area contributed by atoms with E-state index in [2.05, 4.69) is 27.1 Å². The number of amides is 1. The van der Waals surface area contributed by atoms with Crippen molar-refractivity contribution in [1.29, 1.82) is 0 Å². The summed E-state index contributed by atoms with van der Waals surface area (Å²) in [5.41, 5.74) is 5.16. The molecule has 2 aromatic carbocycles. The number of carbonyl (C=O) groups excluding carboxylic acids is 1. The van der Waals surface area contributed by atoms with E-state index >= 15 is 0 Å². The SMILES string of the molecule is C=CC(=O)Nc1cc(-c2cc3c(cn2)cc(-c2c(Cl)c(OC)cc(OC)c2Cl)c2nccn23)c(OC)cc1N1CC2(CCNCC2)C1Cl. The molecule has 1 spiro atoms. The highest BCUT2D eigenvalue weighted by molar-refractivity contribution is 6.41. The second-order valence-electron chi connectivity index (χ2n) is 11.9. The lowest BCUT2D eigenvalue weighted by molar-refractivity contribution is -0.111. The van der Waals surface area contributed by atoms with Gasteiger partial charge in [-0.25, -0.2) is 4.98 Å². The molecule has 0 radical (unpaired) electrons. The van der Waals surface area contributed by atoms with Crippen molar-refractivity contribution in [3.8, 4) is 39.6 Å². The molecule has 2 saturated heterocycles. The maximum Gasteiger partial charge on any atom is 0.247 e. The summed E-state index contributed by atoms with van der Waals surface area (Å²) in [6, 6.07) is 9.34. The number of alkyl halides is 1. The fourth-order valence-corrected chi connectivity index (χ4v) is 8.01. The number of anilines is 2. The van der Waals surface area contributed by atoms with Gasteiger partial charge in [0.15, 0.2) is 0 Å². The van der Waals surface area contributed by atoms with E-state index in [1.165, 1.54) is 20.3 Å². The van der Waals surface area contributed by atoms with E-state index in [1.807, 2.05) is 34.9 Å². The first-order valence-electron chi connectivity index (χ1n) is 15.4. The molecule has 10 nitrogen and oxygen atoms in total. The molecule has 2 aliphatic heterocycles. The molecule has 2 N–H and O–H groups in total. The number of nitrogens with zero attached hydrogens (tertiary/aromatic N) is 4. The van der Waals surface area contributed by atoms with Crippen LogP contribution in [0.4, 0.5) is 11.4 Å². The Morgan fingerprint density at radius 2 is 1.71 bits per heavy atom. The molecule has 5 aromatic rings. The number of methoxy groups -OCH3 is 3. The summed E-state index contributed by atoms with van der Waals surface area (Å²) in [7, 11) is 4.68. The lowest BCUT2D eigenvalue weighted by Crippen LogP contribution is -2.65. The number of hydrogen-bond donors (Lipinski definition) is 2. The third-order valence-electron chi connectivity index (χ3n) is 9.41. The van der Waals surface area contributed by atoms with E-state index in [1.54, 1.807) is 25.6 Å². The quantitative estimate of drug-likeness (QED) is 0.0976. The first-order chi connectivity index (χ1) is 23.2. The molecule has 7 rings (SSSR count). The Labute approximate surface area is 292 Å². The molecule has 1 atom stereocenters. The number of aromatic nitrogens is 3. The van der Waals surface area contributed by atoms with Gasteiger partial charge < -0.3 is 29.7 Å². The number of fused-ring (bicyclic) bond motifs is 3. The predicted molar refractivity (Wildman–Crippen MR) is 191 cm³/mol. The Hall–Kier alpha value is -4.22. The zero-order chi connectivity index (χ0) is 33.7. The number of ether oxygens (including phenoxy) is 3. The molecule has 248 valence electrons.